The summed E-state index contributed by atoms with van der Waals surface area (Å²) in [5.41, 5.74) is 10.8. The van der Waals surface area contributed by atoms with E-state index in [-0.39, 0.29) is 24.0 Å². The Morgan fingerprint density at radius 2 is 1.92 bits per heavy atom. The molecule has 26 heavy (non-hydrogen) atoms. The quantitative estimate of drug-likeness (QED) is 0.336. The van der Waals surface area contributed by atoms with Crippen molar-refractivity contribution in [3.8, 4) is 0 Å². The lowest BCUT2D eigenvalue weighted by Crippen LogP contribution is -2.25. The van der Waals surface area contributed by atoms with Crippen molar-refractivity contribution in [2.24, 2.45) is 16.6 Å². The Hall–Kier alpha value is -1.28. The van der Waals surface area contributed by atoms with E-state index in [0.717, 1.165) is 36.2 Å². The van der Waals surface area contributed by atoms with Gasteiger partial charge in [-0.1, -0.05) is 22.0 Å². The Morgan fingerprint density at radius 1 is 1.19 bits per heavy atom. The highest BCUT2D eigenvalue weighted by atomic mass is 127. The second-order valence-corrected chi connectivity index (χ2v) is 7.64. The van der Waals surface area contributed by atoms with Crippen molar-refractivity contribution in [3.63, 3.8) is 0 Å². The standard InChI is InChI=1S/C20H25BrN4.HI/c1-14-3-6-18(11-15(14)2)24-20(22)23-12-16-9-10-25(13-16)19-7-4-17(21)5-8-19;/h3-8,11,16H,9-10,12-13H2,1-2H3,(H3,22,23,24);1H. The molecule has 1 heterocycles. The average molecular weight is 529 g/mol. The highest BCUT2D eigenvalue weighted by molar-refractivity contribution is 14.0. The van der Waals surface area contributed by atoms with Gasteiger partial charge in [0.1, 0.15) is 0 Å². The molecule has 0 amide bonds. The minimum atomic E-state index is 0. The van der Waals surface area contributed by atoms with Crippen LogP contribution >= 0.6 is 39.9 Å². The lowest BCUT2D eigenvalue weighted by Gasteiger charge is -2.18. The van der Waals surface area contributed by atoms with Crippen molar-refractivity contribution in [2.75, 3.05) is 29.9 Å². The van der Waals surface area contributed by atoms with E-state index in [0.29, 0.717) is 11.9 Å². The molecular weight excluding hydrogens is 503 g/mol. The van der Waals surface area contributed by atoms with Gasteiger partial charge in [0, 0.05) is 35.5 Å². The highest BCUT2D eigenvalue weighted by Crippen LogP contribution is 2.25. The van der Waals surface area contributed by atoms with Crippen LogP contribution in [0.15, 0.2) is 51.9 Å². The second-order valence-electron chi connectivity index (χ2n) is 6.73. The molecule has 2 aromatic rings. The molecule has 140 valence electrons. The van der Waals surface area contributed by atoms with Crippen molar-refractivity contribution in [1.82, 2.24) is 0 Å². The number of benzene rings is 2. The summed E-state index contributed by atoms with van der Waals surface area (Å²) in [6.07, 6.45) is 1.15. The minimum absolute atomic E-state index is 0. The zero-order valence-corrected chi connectivity index (χ0v) is 19.1. The van der Waals surface area contributed by atoms with Crippen LogP contribution in [0.5, 0.6) is 0 Å². The van der Waals surface area contributed by atoms with Gasteiger partial charge in [-0.05, 0) is 73.7 Å². The summed E-state index contributed by atoms with van der Waals surface area (Å²) in [7, 11) is 0. The van der Waals surface area contributed by atoms with Crippen molar-refractivity contribution in [2.45, 2.75) is 20.3 Å². The Morgan fingerprint density at radius 3 is 2.62 bits per heavy atom. The normalized spacial score (nSPS) is 17.1. The van der Waals surface area contributed by atoms with Gasteiger partial charge in [-0.3, -0.25) is 4.99 Å². The molecule has 6 heteroatoms. The third kappa shape index (κ3) is 5.61. The maximum Gasteiger partial charge on any atom is 0.193 e. The first kappa shape index (κ1) is 21.0. The summed E-state index contributed by atoms with van der Waals surface area (Å²) >= 11 is 3.49. The molecule has 3 rings (SSSR count). The van der Waals surface area contributed by atoms with Crippen LogP contribution in [0.1, 0.15) is 17.5 Å². The largest absolute Gasteiger partial charge is 0.371 e. The summed E-state index contributed by atoms with van der Waals surface area (Å²) in [6.45, 7) is 7.07. The number of aryl methyl sites for hydroxylation is 2. The topological polar surface area (TPSA) is 53.6 Å². The summed E-state index contributed by atoms with van der Waals surface area (Å²) in [4.78, 5) is 6.96. The molecule has 0 aromatic heterocycles. The zero-order valence-electron chi connectivity index (χ0n) is 15.2. The lowest BCUT2D eigenvalue weighted by atomic mass is 10.1. The number of nitrogens with one attached hydrogen (secondary N) is 1. The fraction of sp³-hybridized carbons (Fsp3) is 0.350. The third-order valence-corrected chi connectivity index (χ3v) is 5.31. The molecule has 2 aromatic carbocycles. The van der Waals surface area contributed by atoms with Crippen molar-refractivity contribution >= 4 is 57.2 Å². The van der Waals surface area contributed by atoms with Crippen molar-refractivity contribution in [1.29, 1.82) is 0 Å². The van der Waals surface area contributed by atoms with Crippen LogP contribution in [-0.4, -0.2) is 25.6 Å². The highest BCUT2D eigenvalue weighted by Gasteiger charge is 2.22. The van der Waals surface area contributed by atoms with Crippen LogP contribution < -0.4 is 16.0 Å². The second kappa shape index (κ2) is 9.60. The number of guanidine groups is 1. The van der Waals surface area contributed by atoms with E-state index >= 15 is 0 Å². The van der Waals surface area contributed by atoms with Gasteiger partial charge < -0.3 is 16.0 Å². The van der Waals surface area contributed by atoms with Crippen LogP contribution in [0.25, 0.3) is 0 Å². The molecule has 1 fully saturated rings. The first-order valence-corrected chi connectivity index (χ1v) is 9.45. The summed E-state index contributed by atoms with van der Waals surface area (Å²) in [5.74, 6) is 1.04. The number of halogens is 2. The smallest absolute Gasteiger partial charge is 0.193 e. The van der Waals surface area contributed by atoms with Crippen LogP contribution in [0.3, 0.4) is 0 Å². The van der Waals surface area contributed by atoms with Gasteiger partial charge in [0.2, 0.25) is 0 Å². The molecule has 1 saturated heterocycles. The molecule has 0 bridgehead atoms. The predicted molar refractivity (Wildman–Crippen MR) is 126 cm³/mol. The number of nitrogens with two attached hydrogens (primary N) is 1. The zero-order chi connectivity index (χ0) is 17.8. The third-order valence-electron chi connectivity index (χ3n) is 4.78. The van der Waals surface area contributed by atoms with Crippen molar-refractivity contribution in [3.05, 3.63) is 58.1 Å². The lowest BCUT2D eigenvalue weighted by molar-refractivity contribution is 0.603. The van der Waals surface area contributed by atoms with E-state index < -0.39 is 0 Å². The first-order chi connectivity index (χ1) is 12.0. The van der Waals surface area contributed by atoms with Crippen LogP contribution in [0.2, 0.25) is 0 Å². The van der Waals surface area contributed by atoms with E-state index in [1.165, 1.54) is 16.8 Å². The fourth-order valence-electron chi connectivity index (χ4n) is 3.10. The van der Waals surface area contributed by atoms with Gasteiger partial charge in [0.15, 0.2) is 5.96 Å². The molecular formula is C20H26BrIN4. The van der Waals surface area contributed by atoms with Gasteiger partial charge in [-0.15, -0.1) is 24.0 Å². The molecule has 0 saturated carbocycles. The van der Waals surface area contributed by atoms with E-state index in [2.05, 4.69) is 81.4 Å². The van der Waals surface area contributed by atoms with Gasteiger partial charge in [0.25, 0.3) is 0 Å². The number of anilines is 2. The summed E-state index contributed by atoms with van der Waals surface area (Å²) < 4.78 is 1.11. The van der Waals surface area contributed by atoms with E-state index in [4.69, 9.17) is 5.73 Å². The predicted octanol–water partition coefficient (Wildman–Crippen LogP) is 4.94. The SMILES string of the molecule is Cc1ccc(NC(N)=NCC2CCN(c3ccc(Br)cc3)C2)cc1C.I. The van der Waals surface area contributed by atoms with Crippen molar-refractivity contribution < 1.29 is 0 Å². The number of hydrogen-bond acceptors (Lipinski definition) is 2. The molecule has 1 aliphatic rings. The molecule has 3 N–H and O–H groups in total. The van der Waals surface area contributed by atoms with Gasteiger partial charge in [0.05, 0.1) is 0 Å². The number of hydrogen-bond donors (Lipinski definition) is 2. The van der Waals surface area contributed by atoms with Crippen LogP contribution in [0, 0.1) is 19.8 Å². The Balaban J connectivity index is 0.00000243. The Kier molecular flexibility index (Phi) is 7.76. The van der Waals surface area contributed by atoms with E-state index in [1.807, 2.05) is 6.07 Å². The molecule has 1 unspecified atom stereocenters. The molecule has 1 atom stereocenters. The Labute approximate surface area is 181 Å². The van der Waals surface area contributed by atoms with Gasteiger partial charge >= 0.3 is 0 Å². The number of aliphatic imine (C=N–C) groups is 1. The van der Waals surface area contributed by atoms with Crippen LogP contribution in [-0.2, 0) is 0 Å². The monoisotopic (exact) mass is 528 g/mol. The Bertz CT molecular complexity index is 761. The molecule has 1 aliphatic heterocycles. The summed E-state index contributed by atoms with van der Waals surface area (Å²) in [6, 6.07) is 14.7. The minimum Gasteiger partial charge on any atom is -0.371 e. The summed E-state index contributed by atoms with van der Waals surface area (Å²) in [5, 5.41) is 3.19. The number of nitrogens with zero attached hydrogens (tertiary/aromatic N) is 2. The fourth-order valence-corrected chi connectivity index (χ4v) is 3.37. The first-order valence-electron chi connectivity index (χ1n) is 8.66. The molecule has 0 spiro atoms. The maximum absolute atomic E-state index is 6.05. The average Bonchev–Trinajstić information content (AvgIpc) is 3.06. The molecule has 4 nitrogen and oxygen atoms in total. The van der Waals surface area contributed by atoms with Gasteiger partial charge in [-0.25, -0.2) is 0 Å². The van der Waals surface area contributed by atoms with Crippen LogP contribution in [0.4, 0.5) is 11.4 Å². The molecule has 0 aliphatic carbocycles. The number of rotatable bonds is 4. The van der Waals surface area contributed by atoms with Gasteiger partial charge in [-0.2, -0.15) is 0 Å². The maximum atomic E-state index is 6.05. The molecule has 0 radical (unpaired) electrons. The van der Waals surface area contributed by atoms with E-state index in [1.54, 1.807) is 0 Å². The van der Waals surface area contributed by atoms with E-state index in [9.17, 15) is 0 Å².